The molecular weight excluding hydrogens is 498 g/mol. The van der Waals surface area contributed by atoms with Crippen molar-refractivity contribution in [2.24, 2.45) is 10.9 Å². The zero-order valence-electron chi connectivity index (χ0n) is 23.7. The van der Waals surface area contributed by atoms with Crippen molar-refractivity contribution < 1.29 is 0 Å². The highest BCUT2D eigenvalue weighted by Crippen LogP contribution is 2.31. The van der Waals surface area contributed by atoms with Crippen molar-refractivity contribution in [3.05, 3.63) is 71.8 Å². The lowest BCUT2D eigenvalue weighted by atomic mass is 10.0. The van der Waals surface area contributed by atoms with E-state index in [9.17, 15) is 0 Å². The number of aliphatic imine (C=N–C) groups is 1. The van der Waals surface area contributed by atoms with Crippen LogP contribution in [0.4, 0.5) is 0 Å². The third-order valence-electron chi connectivity index (χ3n) is 7.84. The number of nitrogens with zero attached hydrogens (tertiary/aromatic N) is 6. The van der Waals surface area contributed by atoms with Crippen LogP contribution in [0.15, 0.2) is 54.2 Å². The summed E-state index contributed by atoms with van der Waals surface area (Å²) in [4.78, 5) is 22.1. The van der Waals surface area contributed by atoms with Crippen molar-refractivity contribution >= 4 is 16.7 Å². The molecular formula is C31H37N9. The molecule has 4 heterocycles. The fourth-order valence-electron chi connectivity index (χ4n) is 5.72. The van der Waals surface area contributed by atoms with E-state index in [4.69, 9.17) is 4.98 Å². The third-order valence-corrected chi connectivity index (χ3v) is 7.84. The molecule has 6 rings (SSSR count). The number of benzene rings is 1. The van der Waals surface area contributed by atoms with E-state index in [1.54, 1.807) is 13.4 Å². The number of hydrogen-bond donors (Lipinski definition) is 3. The maximum atomic E-state index is 5.03. The second-order valence-electron chi connectivity index (χ2n) is 11.2. The molecule has 40 heavy (non-hydrogen) atoms. The van der Waals surface area contributed by atoms with Crippen LogP contribution in [0.3, 0.4) is 0 Å². The number of fused-ring (bicyclic) bond motifs is 1. The smallest absolute Gasteiger partial charge is 0.161 e. The highest BCUT2D eigenvalue weighted by Gasteiger charge is 2.22. The first-order valence-corrected chi connectivity index (χ1v) is 14.2. The summed E-state index contributed by atoms with van der Waals surface area (Å²) >= 11 is 0. The fourth-order valence-corrected chi connectivity index (χ4v) is 5.72. The van der Waals surface area contributed by atoms with E-state index < -0.39 is 0 Å². The molecule has 4 aromatic heterocycles. The van der Waals surface area contributed by atoms with Crippen LogP contribution in [0.1, 0.15) is 68.1 Å². The van der Waals surface area contributed by atoms with E-state index in [2.05, 4.69) is 73.6 Å². The summed E-state index contributed by atoms with van der Waals surface area (Å²) in [7, 11) is 1.78. The van der Waals surface area contributed by atoms with Gasteiger partial charge in [0.2, 0.25) is 0 Å². The van der Waals surface area contributed by atoms with Gasteiger partial charge in [-0.15, -0.1) is 0 Å². The van der Waals surface area contributed by atoms with Crippen molar-refractivity contribution in [2.75, 3.05) is 13.6 Å². The summed E-state index contributed by atoms with van der Waals surface area (Å²) in [5.41, 5.74) is 7.87. The summed E-state index contributed by atoms with van der Waals surface area (Å²) in [6.45, 7) is 8.19. The van der Waals surface area contributed by atoms with Gasteiger partial charge in [0.05, 0.1) is 11.2 Å². The van der Waals surface area contributed by atoms with Crippen LogP contribution >= 0.6 is 0 Å². The molecule has 9 heteroatoms. The number of rotatable bonds is 8. The monoisotopic (exact) mass is 535 g/mol. The zero-order valence-corrected chi connectivity index (χ0v) is 23.7. The maximum Gasteiger partial charge on any atom is 0.161 e. The highest BCUT2D eigenvalue weighted by atomic mass is 15.2. The summed E-state index contributed by atoms with van der Waals surface area (Å²) in [5, 5.41) is 12.5. The van der Waals surface area contributed by atoms with Crippen LogP contribution in [0.2, 0.25) is 0 Å². The van der Waals surface area contributed by atoms with Gasteiger partial charge in [-0.2, -0.15) is 5.10 Å². The molecule has 0 unspecified atom stereocenters. The molecule has 1 fully saturated rings. The Bertz CT molecular complexity index is 1650. The van der Waals surface area contributed by atoms with Crippen LogP contribution in [0.25, 0.3) is 33.5 Å². The van der Waals surface area contributed by atoms with Gasteiger partial charge in [0.25, 0.3) is 0 Å². The summed E-state index contributed by atoms with van der Waals surface area (Å²) in [6.07, 6.45) is 13.1. The SMILES string of the molecule is CN=C(c1nc(-c2n[nH]c3ccc(-c4cncc(CNCC5CCCC5)c4)cc23)[nH]c1C(C)C)n1cnc(C)c1. The molecule has 0 saturated heterocycles. The lowest BCUT2D eigenvalue weighted by molar-refractivity contribution is 0.489. The number of hydrogen-bond acceptors (Lipinski definition) is 6. The Morgan fingerprint density at radius 1 is 1.15 bits per heavy atom. The molecule has 0 radical (unpaired) electrons. The first kappa shape index (κ1) is 26.1. The second-order valence-corrected chi connectivity index (χ2v) is 11.2. The van der Waals surface area contributed by atoms with Gasteiger partial charge in [-0.05, 0) is 67.5 Å². The zero-order chi connectivity index (χ0) is 27.6. The van der Waals surface area contributed by atoms with Crippen molar-refractivity contribution in [2.45, 2.75) is 58.9 Å². The molecule has 0 bridgehead atoms. The third kappa shape index (κ3) is 5.21. The van der Waals surface area contributed by atoms with Crippen LogP contribution in [-0.4, -0.2) is 54.1 Å². The van der Waals surface area contributed by atoms with E-state index in [1.807, 2.05) is 30.1 Å². The number of imidazole rings is 2. The van der Waals surface area contributed by atoms with E-state index in [0.717, 1.165) is 69.6 Å². The number of pyridine rings is 1. The molecule has 1 aromatic carbocycles. The fraction of sp³-hybridized carbons (Fsp3) is 0.387. The first-order chi connectivity index (χ1) is 19.5. The summed E-state index contributed by atoms with van der Waals surface area (Å²) < 4.78 is 1.92. The Morgan fingerprint density at radius 2 is 2.00 bits per heavy atom. The average Bonchev–Trinajstić information content (AvgIpc) is 3.76. The minimum absolute atomic E-state index is 0.217. The Kier molecular flexibility index (Phi) is 7.30. The van der Waals surface area contributed by atoms with Gasteiger partial charge in [-0.3, -0.25) is 19.6 Å². The van der Waals surface area contributed by atoms with Crippen molar-refractivity contribution in [3.8, 4) is 22.6 Å². The van der Waals surface area contributed by atoms with Crippen molar-refractivity contribution in [3.63, 3.8) is 0 Å². The van der Waals surface area contributed by atoms with Gasteiger partial charge >= 0.3 is 0 Å². The molecule has 1 aliphatic carbocycles. The Hall–Kier alpha value is -4.11. The first-order valence-electron chi connectivity index (χ1n) is 14.2. The molecule has 9 nitrogen and oxygen atoms in total. The molecule has 0 spiro atoms. The maximum absolute atomic E-state index is 5.03. The number of aryl methyl sites for hydroxylation is 1. The quantitative estimate of drug-likeness (QED) is 0.170. The van der Waals surface area contributed by atoms with Gasteiger partial charge in [0.1, 0.15) is 17.7 Å². The molecule has 0 atom stereocenters. The molecule has 1 aliphatic rings. The van der Waals surface area contributed by atoms with Gasteiger partial charge < -0.3 is 10.3 Å². The van der Waals surface area contributed by atoms with E-state index >= 15 is 0 Å². The van der Waals surface area contributed by atoms with Crippen LogP contribution in [0.5, 0.6) is 0 Å². The summed E-state index contributed by atoms with van der Waals surface area (Å²) in [5.74, 6) is 2.49. The lowest BCUT2D eigenvalue weighted by Gasteiger charge is -2.11. The topological polar surface area (TPSA) is 112 Å². The number of H-pyrrole nitrogens is 2. The van der Waals surface area contributed by atoms with Crippen LogP contribution < -0.4 is 5.32 Å². The van der Waals surface area contributed by atoms with Gasteiger partial charge in [-0.1, -0.05) is 32.8 Å². The predicted octanol–water partition coefficient (Wildman–Crippen LogP) is 5.85. The van der Waals surface area contributed by atoms with Crippen LogP contribution in [0, 0.1) is 12.8 Å². The van der Waals surface area contributed by atoms with Gasteiger partial charge in [0.15, 0.2) is 11.7 Å². The largest absolute Gasteiger partial charge is 0.340 e. The molecule has 0 amide bonds. The second kappa shape index (κ2) is 11.2. The number of nitrogens with one attached hydrogen (secondary N) is 3. The predicted molar refractivity (Wildman–Crippen MR) is 159 cm³/mol. The van der Waals surface area contributed by atoms with Crippen molar-refractivity contribution in [1.29, 1.82) is 0 Å². The summed E-state index contributed by atoms with van der Waals surface area (Å²) in [6, 6.07) is 8.60. The molecule has 3 N–H and O–H groups in total. The normalized spacial score (nSPS) is 14.7. The van der Waals surface area contributed by atoms with Crippen molar-refractivity contribution in [1.82, 2.24) is 40.0 Å². The lowest BCUT2D eigenvalue weighted by Crippen LogP contribution is -2.20. The van der Waals surface area contributed by atoms with Crippen LogP contribution in [-0.2, 0) is 6.54 Å². The standard InChI is InChI=1S/C31H37N9/c1-19(2)27-29(31(32-4)40-17-20(3)35-18-40)37-30(36-27)28-25-12-23(9-10-26(25)38-39-28)24-11-22(15-34-16-24)14-33-13-21-7-5-6-8-21/h9-12,15-19,21,33H,5-8,13-14H2,1-4H3,(H,36,37)(H,38,39). The molecule has 0 aliphatic heterocycles. The molecule has 206 valence electrons. The van der Waals surface area contributed by atoms with E-state index in [0.29, 0.717) is 5.82 Å². The van der Waals surface area contributed by atoms with E-state index in [1.165, 1.54) is 31.2 Å². The van der Waals surface area contributed by atoms with Gasteiger partial charge in [-0.25, -0.2) is 9.97 Å². The highest BCUT2D eigenvalue weighted by molar-refractivity contribution is 6.01. The Balaban J connectivity index is 1.31. The Labute approximate surface area is 234 Å². The van der Waals surface area contributed by atoms with E-state index in [-0.39, 0.29) is 5.92 Å². The minimum Gasteiger partial charge on any atom is -0.340 e. The average molecular weight is 536 g/mol. The molecule has 5 aromatic rings. The number of aromatic nitrogens is 7. The Morgan fingerprint density at radius 3 is 2.75 bits per heavy atom. The molecule has 1 saturated carbocycles. The van der Waals surface area contributed by atoms with Gasteiger partial charge in [0, 0.05) is 48.8 Å². The minimum atomic E-state index is 0.217. The number of aromatic amines is 2.